The van der Waals surface area contributed by atoms with Gasteiger partial charge in [0.2, 0.25) is 17.7 Å². The van der Waals surface area contributed by atoms with Gasteiger partial charge in [-0.15, -0.1) is 0 Å². The van der Waals surface area contributed by atoms with Gasteiger partial charge in [0.1, 0.15) is 11.8 Å². The molecule has 2 aromatic rings. The molecule has 0 bridgehead atoms. The molecule has 0 saturated carbocycles. The Morgan fingerprint density at radius 3 is 2.54 bits per heavy atom. The molecule has 10 heteroatoms. The molecule has 10 nitrogen and oxygen atoms in total. The summed E-state index contributed by atoms with van der Waals surface area (Å²) in [5, 5.41) is 9.56. The van der Waals surface area contributed by atoms with Crippen molar-refractivity contribution in [1.29, 1.82) is 0 Å². The number of allylic oxidation sites excluding steroid dienone is 1. The Hall–Kier alpha value is -3.82. The topological polar surface area (TPSA) is 123 Å². The lowest BCUT2D eigenvalue weighted by molar-refractivity contribution is -0.142. The summed E-state index contributed by atoms with van der Waals surface area (Å²) in [5.74, 6) is 0.704. The molecule has 0 spiro atoms. The zero-order valence-electron chi connectivity index (χ0n) is 25.2. The Morgan fingerprint density at radius 1 is 1.15 bits per heavy atom. The molecule has 0 saturated heterocycles. The monoisotopic (exact) mass is 568 g/mol. The van der Waals surface area contributed by atoms with E-state index < -0.39 is 11.6 Å². The third-order valence-electron chi connectivity index (χ3n) is 7.47. The van der Waals surface area contributed by atoms with Crippen molar-refractivity contribution in [1.82, 2.24) is 15.4 Å². The molecule has 224 valence electrons. The number of nitrogens with zero attached hydrogens (tertiary/aromatic N) is 2. The minimum atomic E-state index is -0.996. The summed E-state index contributed by atoms with van der Waals surface area (Å²) in [6.45, 7) is 7.93. The normalized spacial score (nSPS) is 14.0. The Balaban J connectivity index is 1.96. The first-order valence-corrected chi connectivity index (χ1v) is 14.3. The molecule has 1 aliphatic carbocycles. The van der Waals surface area contributed by atoms with Crippen LogP contribution in [0.4, 0.5) is 5.82 Å². The van der Waals surface area contributed by atoms with Gasteiger partial charge in [-0.3, -0.25) is 14.4 Å². The van der Waals surface area contributed by atoms with E-state index in [4.69, 9.17) is 14.0 Å². The first-order chi connectivity index (χ1) is 19.6. The lowest BCUT2D eigenvalue weighted by atomic mass is 9.95. The number of carbonyl (C=O) groups excluding carboxylic acids is 3. The molecule has 1 unspecified atom stereocenters. The van der Waals surface area contributed by atoms with E-state index in [0.29, 0.717) is 48.0 Å². The van der Waals surface area contributed by atoms with Crippen LogP contribution in [0.15, 0.2) is 40.4 Å². The fourth-order valence-electron chi connectivity index (χ4n) is 4.86. The van der Waals surface area contributed by atoms with Gasteiger partial charge >= 0.3 is 0 Å². The third kappa shape index (κ3) is 8.83. The first-order valence-electron chi connectivity index (χ1n) is 14.3. The maximum Gasteiger partial charge on any atom is 0.248 e. The van der Waals surface area contributed by atoms with Gasteiger partial charge in [-0.2, -0.15) is 0 Å². The fraction of sp³-hybridized carbons (Fsp3) is 0.548. The van der Waals surface area contributed by atoms with Gasteiger partial charge in [0.05, 0.1) is 14.2 Å². The Morgan fingerprint density at radius 2 is 1.93 bits per heavy atom. The lowest BCUT2D eigenvalue weighted by Crippen LogP contribution is -2.50. The summed E-state index contributed by atoms with van der Waals surface area (Å²) < 4.78 is 16.2. The van der Waals surface area contributed by atoms with Gasteiger partial charge in [0.25, 0.3) is 0 Å². The summed E-state index contributed by atoms with van der Waals surface area (Å²) in [6.07, 6.45) is 7.67. The zero-order valence-corrected chi connectivity index (χ0v) is 25.2. The van der Waals surface area contributed by atoms with Crippen molar-refractivity contribution in [2.24, 2.45) is 0 Å². The van der Waals surface area contributed by atoms with E-state index >= 15 is 0 Å². The van der Waals surface area contributed by atoms with Crippen molar-refractivity contribution in [2.75, 3.05) is 26.1 Å². The van der Waals surface area contributed by atoms with E-state index in [1.807, 2.05) is 20.8 Å². The standard InChI is InChI=1S/C31H44N4O6/c1-7-31(3,4)33-30(38)28(23-14-11-15-24(39-5)29(23)40-6)35(19-18-22-12-9-8-10-13-22)27(37)17-16-26(36)32-25-20-21(2)41-34-25/h11-12,14-15,20,28H,7-10,13,16-19H2,1-6H3,(H,33,38)(H,32,34,36). The number of ether oxygens (including phenoxy) is 2. The van der Waals surface area contributed by atoms with Crippen molar-refractivity contribution in [3.8, 4) is 11.5 Å². The Labute approximate surface area is 242 Å². The van der Waals surface area contributed by atoms with Gasteiger partial charge in [0, 0.05) is 36.6 Å². The average molecular weight is 569 g/mol. The number of hydrogen-bond donors (Lipinski definition) is 2. The van der Waals surface area contributed by atoms with Gasteiger partial charge in [-0.1, -0.05) is 35.9 Å². The number of carbonyl (C=O) groups is 3. The highest BCUT2D eigenvalue weighted by Gasteiger charge is 2.36. The highest BCUT2D eigenvalue weighted by molar-refractivity contribution is 5.94. The molecule has 1 aliphatic rings. The number of anilines is 1. The summed E-state index contributed by atoms with van der Waals surface area (Å²) in [6, 6.07) is 5.92. The molecule has 0 aliphatic heterocycles. The first kappa shape index (κ1) is 31.7. The predicted molar refractivity (Wildman–Crippen MR) is 157 cm³/mol. The molecule has 0 fully saturated rings. The third-order valence-corrected chi connectivity index (χ3v) is 7.47. The second kappa shape index (κ2) is 14.7. The van der Waals surface area contributed by atoms with Crippen LogP contribution < -0.4 is 20.1 Å². The molecule has 1 aromatic heterocycles. The van der Waals surface area contributed by atoms with Gasteiger partial charge in [-0.25, -0.2) is 0 Å². The minimum Gasteiger partial charge on any atom is -0.493 e. The van der Waals surface area contributed by atoms with E-state index in [1.54, 1.807) is 36.1 Å². The predicted octanol–water partition coefficient (Wildman–Crippen LogP) is 5.48. The van der Waals surface area contributed by atoms with Gasteiger partial charge in [0.15, 0.2) is 17.3 Å². The number of aryl methyl sites for hydroxylation is 1. The van der Waals surface area contributed by atoms with E-state index in [9.17, 15) is 14.4 Å². The molecular formula is C31H44N4O6. The number of rotatable bonds is 14. The number of benzene rings is 1. The minimum absolute atomic E-state index is 0.0754. The molecule has 1 aromatic carbocycles. The second-order valence-electron chi connectivity index (χ2n) is 11.0. The van der Waals surface area contributed by atoms with Crippen molar-refractivity contribution < 1.29 is 28.4 Å². The van der Waals surface area contributed by atoms with Crippen LogP contribution in [0.5, 0.6) is 11.5 Å². The molecule has 1 atom stereocenters. The smallest absolute Gasteiger partial charge is 0.248 e. The van der Waals surface area contributed by atoms with Crippen molar-refractivity contribution in [3.63, 3.8) is 0 Å². The molecule has 2 N–H and O–H groups in total. The largest absolute Gasteiger partial charge is 0.493 e. The van der Waals surface area contributed by atoms with Crippen LogP contribution in [0.25, 0.3) is 0 Å². The summed E-state index contributed by atoms with van der Waals surface area (Å²) in [5.41, 5.74) is 1.29. The van der Waals surface area contributed by atoms with E-state index in [-0.39, 0.29) is 30.6 Å². The number of hydrogen-bond acceptors (Lipinski definition) is 7. The average Bonchev–Trinajstić information content (AvgIpc) is 3.37. The van der Waals surface area contributed by atoms with Crippen LogP contribution in [-0.4, -0.2) is 54.1 Å². The summed E-state index contributed by atoms with van der Waals surface area (Å²) in [4.78, 5) is 42.2. The molecule has 3 amide bonds. The van der Waals surface area contributed by atoms with Crippen LogP contribution in [-0.2, 0) is 14.4 Å². The van der Waals surface area contributed by atoms with Crippen LogP contribution in [0.3, 0.4) is 0 Å². The maximum absolute atomic E-state index is 14.1. The quantitative estimate of drug-likeness (QED) is 0.289. The maximum atomic E-state index is 14.1. The zero-order chi connectivity index (χ0) is 30.0. The molecule has 3 rings (SSSR count). The van der Waals surface area contributed by atoms with E-state index in [2.05, 4.69) is 21.9 Å². The highest BCUT2D eigenvalue weighted by Crippen LogP contribution is 2.38. The number of amides is 3. The Bertz CT molecular complexity index is 1230. The molecule has 0 radical (unpaired) electrons. The fourth-order valence-corrected chi connectivity index (χ4v) is 4.86. The van der Waals surface area contributed by atoms with Crippen LogP contribution in [0.2, 0.25) is 0 Å². The SMILES string of the molecule is CCC(C)(C)NC(=O)C(c1cccc(OC)c1OC)N(CCC1=CCCCC1)C(=O)CCC(=O)Nc1cc(C)on1. The Kier molecular flexibility index (Phi) is 11.4. The second-order valence-corrected chi connectivity index (χ2v) is 11.0. The van der Waals surface area contributed by atoms with Crippen molar-refractivity contribution >= 4 is 23.5 Å². The summed E-state index contributed by atoms with van der Waals surface area (Å²) >= 11 is 0. The number of nitrogens with one attached hydrogen (secondary N) is 2. The molecule has 41 heavy (non-hydrogen) atoms. The summed E-state index contributed by atoms with van der Waals surface area (Å²) in [7, 11) is 3.05. The molecule has 1 heterocycles. The van der Waals surface area contributed by atoms with Crippen LogP contribution >= 0.6 is 0 Å². The van der Waals surface area contributed by atoms with Crippen molar-refractivity contribution in [3.05, 3.63) is 47.2 Å². The highest BCUT2D eigenvalue weighted by atomic mass is 16.5. The van der Waals surface area contributed by atoms with Crippen LogP contribution in [0, 0.1) is 6.92 Å². The number of methoxy groups -OCH3 is 2. The van der Waals surface area contributed by atoms with E-state index in [1.165, 1.54) is 19.8 Å². The van der Waals surface area contributed by atoms with E-state index in [0.717, 1.165) is 25.7 Å². The lowest BCUT2D eigenvalue weighted by Gasteiger charge is -2.35. The van der Waals surface area contributed by atoms with Gasteiger partial charge in [-0.05, 0) is 65.4 Å². The molecular weight excluding hydrogens is 524 g/mol. The number of para-hydroxylation sites is 1. The van der Waals surface area contributed by atoms with Gasteiger partial charge < -0.3 is 29.5 Å². The number of aromatic nitrogens is 1. The van der Waals surface area contributed by atoms with Crippen LogP contribution in [0.1, 0.15) is 89.5 Å². The van der Waals surface area contributed by atoms with Crippen molar-refractivity contribution in [2.45, 2.75) is 90.6 Å².